The second-order valence-corrected chi connectivity index (χ2v) is 5.36. The van der Waals surface area contributed by atoms with Gasteiger partial charge in [0.05, 0.1) is 5.57 Å². The molecule has 0 bridgehead atoms. The van der Waals surface area contributed by atoms with Crippen molar-refractivity contribution in [3.8, 4) is 0 Å². The number of rotatable bonds is 3. The zero-order valence-corrected chi connectivity index (χ0v) is 11.6. The van der Waals surface area contributed by atoms with Crippen molar-refractivity contribution in [2.24, 2.45) is 0 Å². The molecule has 20 heavy (non-hydrogen) atoms. The molecule has 0 saturated carbocycles. The lowest BCUT2D eigenvalue weighted by molar-refractivity contribution is -0.130. The molecule has 0 saturated heterocycles. The maximum absolute atomic E-state index is 11.5. The molecule has 0 spiro atoms. The lowest BCUT2D eigenvalue weighted by atomic mass is 10.1. The average molecular weight is 284 g/mol. The summed E-state index contributed by atoms with van der Waals surface area (Å²) >= 11 is 1.41. The Balaban J connectivity index is 2.22. The molecule has 3 rings (SSSR count). The zero-order valence-electron chi connectivity index (χ0n) is 10.8. The van der Waals surface area contributed by atoms with Crippen molar-refractivity contribution in [2.75, 3.05) is 0 Å². The smallest absolute Gasteiger partial charge is 0.337 e. The van der Waals surface area contributed by atoms with Crippen LogP contribution in [0.15, 0.2) is 46.2 Å². The van der Waals surface area contributed by atoms with E-state index in [0.29, 0.717) is 0 Å². The highest BCUT2D eigenvalue weighted by atomic mass is 32.1. The highest BCUT2D eigenvalue weighted by Crippen LogP contribution is 2.30. The number of carboxylic acid groups (broad SMARTS) is 1. The van der Waals surface area contributed by atoms with E-state index in [1.165, 1.54) is 11.3 Å². The van der Waals surface area contributed by atoms with E-state index in [0.717, 1.165) is 27.2 Å². The molecule has 0 aliphatic heterocycles. The molecule has 2 heterocycles. The number of benzene rings is 1. The van der Waals surface area contributed by atoms with Crippen LogP contribution in [-0.4, -0.2) is 11.1 Å². The van der Waals surface area contributed by atoms with Crippen LogP contribution in [0, 0.1) is 6.92 Å². The Morgan fingerprint density at radius 3 is 2.75 bits per heavy atom. The van der Waals surface area contributed by atoms with Crippen molar-refractivity contribution in [3.05, 3.63) is 58.0 Å². The Hall–Kier alpha value is -2.33. The Labute approximate surface area is 119 Å². The lowest BCUT2D eigenvalue weighted by Crippen LogP contribution is -1.97. The van der Waals surface area contributed by atoms with Gasteiger partial charge in [-0.1, -0.05) is 24.3 Å². The van der Waals surface area contributed by atoms with Crippen molar-refractivity contribution in [1.82, 2.24) is 0 Å². The number of thiophene rings is 1. The number of furan rings is 1. The van der Waals surface area contributed by atoms with Crippen molar-refractivity contribution < 1.29 is 14.3 Å². The molecule has 0 atom stereocenters. The van der Waals surface area contributed by atoms with Crippen LogP contribution >= 0.6 is 11.3 Å². The predicted octanol–water partition coefficient (Wildman–Crippen LogP) is 4.43. The summed E-state index contributed by atoms with van der Waals surface area (Å²) in [6.07, 6.45) is 1.69. The quantitative estimate of drug-likeness (QED) is 0.724. The van der Waals surface area contributed by atoms with Gasteiger partial charge in [-0.2, -0.15) is 0 Å². The Bertz CT molecular complexity index is 794. The van der Waals surface area contributed by atoms with Gasteiger partial charge in [-0.15, -0.1) is 11.3 Å². The van der Waals surface area contributed by atoms with Crippen molar-refractivity contribution in [3.63, 3.8) is 0 Å². The Morgan fingerprint density at radius 2 is 2.05 bits per heavy atom. The second kappa shape index (κ2) is 4.98. The highest BCUT2D eigenvalue weighted by Gasteiger charge is 2.15. The van der Waals surface area contributed by atoms with Crippen LogP contribution < -0.4 is 0 Å². The predicted molar refractivity (Wildman–Crippen MR) is 80.8 cm³/mol. The summed E-state index contributed by atoms with van der Waals surface area (Å²) in [7, 11) is 0. The fourth-order valence-electron chi connectivity index (χ4n) is 2.18. The molecule has 0 fully saturated rings. The minimum atomic E-state index is -0.933. The zero-order chi connectivity index (χ0) is 14.1. The maximum atomic E-state index is 11.5. The third kappa shape index (κ3) is 2.14. The summed E-state index contributed by atoms with van der Waals surface area (Å²) in [6, 6.07) is 11.3. The van der Waals surface area contributed by atoms with E-state index in [2.05, 4.69) is 0 Å². The monoisotopic (exact) mass is 284 g/mol. The molecule has 1 N–H and O–H groups in total. The summed E-state index contributed by atoms with van der Waals surface area (Å²) in [4.78, 5) is 12.2. The standard InChI is InChI=1S/C16H12O3S/c1-10-12(11-5-2-3-6-14(11)19-10)9-13(16(17)18)15-7-4-8-20-15/h2-9H,1H3,(H,17,18)/b13-9+. The molecule has 0 aliphatic carbocycles. The van der Waals surface area contributed by atoms with E-state index in [1.54, 1.807) is 6.08 Å². The van der Waals surface area contributed by atoms with Gasteiger partial charge in [0.2, 0.25) is 0 Å². The third-order valence-electron chi connectivity index (χ3n) is 3.13. The van der Waals surface area contributed by atoms with Crippen molar-refractivity contribution in [1.29, 1.82) is 0 Å². The largest absolute Gasteiger partial charge is 0.478 e. The number of hydrogen-bond acceptors (Lipinski definition) is 3. The number of aliphatic carboxylic acids is 1. The van der Waals surface area contributed by atoms with Gasteiger partial charge in [0.15, 0.2) is 0 Å². The molecule has 100 valence electrons. The molecule has 3 nitrogen and oxygen atoms in total. The minimum Gasteiger partial charge on any atom is -0.478 e. The first kappa shape index (κ1) is 12.7. The van der Waals surface area contributed by atoms with Gasteiger partial charge in [0.25, 0.3) is 0 Å². The molecule has 3 aromatic rings. The number of fused-ring (bicyclic) bond motifs is 1. The van der Waals surface area contributed by atoms with Gasteiger partial charge in [-0.05, 0) is 30.5 Å². The van der Waals surface area contributed by atoms with Crippen LogP contribution in [0.4, 0.5) is 0 Å². The van der Waals surface area contributed by atoms with Gasteiger partial charge in [0, 0.05) is 15.8 Å². The number of hydrogen-bond donors (Lipinski definition) is 1. The SMILES string of the molecule is Cc1oc2ccccc2c1/C=C(/C(=O)O)c1cccs1. The lowest BCUT2D eigenvalue weighted by Gasteiger charge is -1.99. The summed E-state index contributed by atoms with van der Waals surface area (Å²) < 4.78 is 5.66. The molecule has 1 aromatic carbocycles. The molecule has 0 aliphatic rings. The van der Waals surface area contributed by atoms with E-state index < -0.39 is 5.97 Å². The Morgan fingerprint density at radius 1 is 1.25 bits per heavy atom. The molecule has 0 amide bonds. The van der Waals surface area contributed by atoms with Crippen LogP contribution in [0.25, 0.3) is 22.6 Å². The van der Waals surface area contributed by atoms with Crippen molar-refractivity contribution >= 4 is 39.9 Å². The number of carbonyl (C=O) groups is 1. The van der Waals surface area contributed by atoms with Crippen LogP contribution in [0.2, 0.25) is 0 Å². The van der Waals surface area contributed by atoms with Crippen molar-refractivity contribution in [2.45, 2.75) is 6.92 Å². The summed E-state index contributed by atoms with van der Waals surface area (Å²) in [6.45, 7) is 1.85. The van der Waals surface area contributed by atoms with Gasteiger partial charge in [0.1, 0.15) is 11.3 Å². The molecule has 2 aromatic heterocycles. The highest BCUT2D eigenvalue weighted by molar-refractivity contribution is 7.11. The van der Waals surface area contributed by atoms with Gasteiger partial charge >= 0.3 is 5.97 Å². The number of carboxylic acids is 1. The first-order valence-electron chi connectivity index (χ1n) is 6.14. The topological polar surface area (TPSA) is 50.4 Å². The molecule has 0 unspecified atom stereocenters. The third-order valence-corrected chi connectivity index (χ3v) is 4.03. The Kier molecular flexibility index (Phi) is 3.16. The number of aryl methyl sites for hydroxylation is 1. The van der Waals surface area contributed by atoms with Crippen LogP contribution in [0.5, 0.6) is 0 Å². The first-order chi connectivity index (χ1) is 9.66. The summed E-state index contributed by atoms with van der Waals surface area (Å²) in [5.41, 5.74) is 1.88. The molecular formula is C16H12O3S. The molecular weight excluding hydrogens is 272 g/mol. The van der Waals surface area contributed by atoms with Crippen LogP contribution in [-0.2, 0) is 4.79 Å². The maximum Gasteiger partial charge on any atom is 0.337 e. The summed E-state index contributed by atoms with van der Waals surface area (Å²) in [5, 5.41) is 12.2. The normalized spacial score (nSPS) is 11.9. The van der Waals surface area contributed by atoms with E-state index in [4.69, 9.17) is 4.42 Å². The van der Waals surface area contributed by atoms with Crippen LogP contribution in [0.3, 0.4) is 0 Å². The molecule has 0 radical (unpaired) electrons. The van der Waals surface area contributed by atoms with Gasteiger partial charge in [-0.25, -0.2) is 4.79 Å². The van der Waals surface area contributed by atoms with E-state index in [9.17, 15) is 9.90 Å². The number of para-hydroxylation sites is 1. The second-order valence-electron chi connectivity index (χ2n) is 4.41. The first-order valence-corrected chi connectivity index (χ1v) is 7.02. The van der Waals surface area contributed by atoms with E-state index in [-0.39, 0.29) is 5.57 Å². The fraction of sp³-hybridized carbons (Fsp3) is 0.0625. The van der Waals surface area contributed by atoms with Crippen LogP contribution in [0.1, 0.15) is 16.2 Å². The van der Waals surface area contributed by atoms with E-state index >= 15 is 0 Å². The molecule has 4 heteroatoms. The van der Waals surface area contributed by atoms with E-state index in [1.807, 2.05) is 48.7 Å². The minimum absolute atomic E-state index is 0.287. The van der Waals surface area contributed by atoms with Gasteiger partial charge in [-0.3, -0.25) is 0 Å². The fourth-order valence-corrected chi connectivity index (χ4v) is 2.92. The van der Waals surface area contributed by atoms with Gasteiger partial charge < -0.3 is 9.52 Å². The summed E-state index contributed by atoms with van der Waals surface area (Å²) in [5.74, 6) is -0.210. The average Bonchev–Trinajstić information content (AvgIpc) is 3.03.